The standard InChI is InChI=1S/C24H21ClN4O3/c25-22-10-3-1-6-18(22)15-32-23-11-4-2-9-21(23)24(30)28-19-7-5-8-20(14-19)31-13-12-29-17-26-16-27-29/h1-11,14,16-17H,12-13,15H2,(H,28,30). The molecule has 1 amide bonds. The molecular weight excluding hydrogens is 428 g/mol. The van der Waals surface area contributed by atoms with E-state index in [9.17, 15) is 4.79 Å². The van der Waals surface area contributed by atoms with Crippen LogP contribution in [-0.4, -0.2) is 27.3 Å². The van der Waals surface area contributed by atoms with Crippen molar-refractivity contribution in [3.8, 4) is 11.5 Å². The van der Waals surface area contributed by atoms with Crippen LogP contribution in [-0.2, 0) is 13.2 Å². The fourth-order valence-electron chi connectivity index (χ4n) is 3.02. The van der Waals surface area contributed by atoms with E-state index in [1.165, 1.54) is 6.33 Å². The van der Waals surface area contributed by atoms with Crippen LogP contribution in [0.15, 0.2) is 85.5 Å². The van der Waals surface area contributed by atoms with Gasteiger partial charge in [-0.3, -0.25) is 4.79 Å². The number of amides is 1. The third-order valence-electron chi connectivity index (χ3n) is 4.62. The summed E-state index contributed by atoms with van der Waals surface area (Å²) in [6.45, 7) is 1.27. The molecule has 162 valence electrons. The normalized spacial score (nSPS) is 10.5. The molecule has 0 aliphatic rings. The van der Waals surface area contributed by atoms with Crippen molar-refractivity contribution in [3.63, 3.8) is 0 Å². The zero-order chi connectivity index (χ0) is 22.2. The van der Waals surface area contributed by atoms with Crippen molar-refractivity contribution in [2.24, 2.45) is 0 Å². The maximum atomic E-state index is 12.9. The molecule has 3 aromatic carbocycles. The zero-order valence-electron chi connectivity index (χ0n) is 17.1. The van der Waals surface area contributed by atoms with Gasteiger partial charge in [-0.05, 0) is 30.3 Å². The minimum atomic E-state index is -0.278. The summed E-state index contributed by atoms with van der Waals surface area (Å²) in [5.74, 6) is 0.843. The molecule has 0 fully saturated rings. The van der Waals surface area contributed by atoms with Gasteiger partial charge < -0.3 is 14.8 Å². The number of para-hydroxylation sites is 1. The van der Waals surface area contributed by atoms with Gasteiger partial charge in [0.1, 0.15) is 37.4 Å². The van der Waals surface area contributed by atoms with Gasteiger partial charge in [0.25, 0.3) is 5.91 Å². The molecule has 0 aliphatic heterocycles. The maximum absolute atomic E-state index is 12.9. The van der Waals surface area contributed by atoms with Crippen LogP contribution in [0.4, 0.5) is 5.69 Å². The molecule has 1 aromatic heterocycles. The Morgan fingerprint density at radius 2 is 1.84 bits per heavy atom. The summed E-state index contributed by atoms with van der Waals surface area (Å²) in [5.41, 5.74) is 1.89. The lowest BCUT2D eigenvalue weighted by molar-refractivity contribution is 0.102. The number of halogens is 1. The highest BCUT2D eigenvalue weighted by Gasteiger charge is 2.13. The largest absolute Gasteiger partial charge is 0.492 e. The lowest BCUT2D eigenvalue weighted by Gasteiger charge is -2.13. The van der Waals surface area contributed by atoms with Crippen molar-refractivity contribution in [3.05, 3.63) is 102 Å². The number of benzene rings is 3. The van der Waals surface area contributed by atoms with Gasteiger partial charge in [-0.25, -0.2) is 9.67 Å². The fourth-order valence-corrected chi connectivity index (χ4v) is 3.21. The number of rotatable bonds is 9. The number of carbonyl (C=O) groups excluding carboxylic acids is 1. The van der Waals surface area contributed by atoms with E-state index in [-0.39, 0.29) is 12.5 Å². The van der Waals surface area contributed by atoms with Crippen LogP contribution in [0.2, 0.25) is 5.02 Å². The first-order chi connectivity index (χ1) is 15.7. The van der Waals surface area contributed by atoms with E-state index in [1.54, 1.807) is 47.4 Å². The highest BCUT2D eigenvalue weighted by atomic mass is 35.5. The summed E-state index contributed by atoms with van der Waals surface area (Å²) < 4.78 is 13.3. The van der Waals surface area contributed by atoms with Gasteiger partial charge in [-0.15, -0.1) is 0 Å². The SMILES string of the molecule is O=C(Nc1cccc(OCCn2cncn2)c1)c1ccccc1OCc1ccccc1Cl. The van der Waals surface area contributed by atoms with Crippen molar-refractivity contribution in [1.29, 1.82) is 0 Å². The van der Waals surface area contributed by atoms with Crippen molar-refractivity contribution in [2.45, 2.75) is 13.2 Å². The molecule has 0 bridgehead atoms. The number of nitrogens with zero attached hydrogens (tertiary/aromatic N) is 3. The monoisotopic (exact) mass is 448 g/mol. The van der Waals surface area contributed by atoms with E-state index in [0.29, 0.717) is 40.9 Å². The lowest BCUT2D eigenvalue weighted by Crippen LogP contribution is -2.14. The van der Waals surface area contributed by atoms with Crippen LogP contribution >= 0.6 is 11.6 Å². The smallest absolute Gasteiger partial charge is 0.259 e. The first-order valence-corrected chi connectivity index (χ1v) is 10.4. The molecule has 0 saturated heterocycles. The predicted molar refractivity (Wildman–Crippen MR) is 122 cm³/mol. The van der Waals surface area contributed by atoms with Gasteiger partial charge in [0, 0.05) is 22.3 Å². The summed E-state index contributed by atoms with van der Waals surface area (Å²) in [7, 11) is 0. The van der Waals surface area contributed by atoms with E-state index < -0.39 is 0 Å². The number of nitrogens with one attached hydrogen (secondary N) is 1. The Kier molecular flexibility index (Phi) is 6.99. The minimum Gasteiger partial charge on any atom is -0.492 e. The lowest BCUT2D eigenvalue weighted by atomic mass is 10.1. The van der Waals surface area contributed by atoms with Gasteiger partial charge in [0.15, 0.2) is 0 Å². The van der Waals surface area contributed by atoms with E-state index in [1.807, 2.05) is 36.4 Å². The van der Waals surface area contributed by atoms with Gasteiger partial charge in [-0.1, -0.05) is 48.0 Å². The van der Waals surface area contributed by atoms with Crippen molar-refractivity contribution in [2.75, 3.05) is 11.9 Å². The summed E-state index contributed by atoms with van der Waals surface area (Å²) >= 11 is 6.20. The molecule has 0 atom stereocenters. The summed E-state index contributed by atoms with van der Waals surface area (Å²) in [6, 6.07) is 21.8. The third-order valence-corrected chi connectivity index (χ3v) is 4.99. The summed E-state index contributed by atoms with van der Waals surface area (Å²) in [4.78, 5) is 16.8. The number of hydrogen-bond donors (Lipinski definition) is 1. The van der Waals surface area contributed by atoms with Crippen LogP contribution < -0.4 is 14.8 Å². The first kappa shape index (κ1) is 21.4. The average Bonchev–Trinajstić information content (AvgIpc) is 3.33. The van der Waals surface area contributed by atoms with Gasteiger partial charge in [0.05, 0.1) is 12.1 Å². The molecule has 0 spiro atoms. The van der Waals surface area contributed by atoms with Crippen molar-refractivity contribution >= 4 is 23.2 Å². The molecular formula is C24H21ClN4O3. The second kappa shape index (κ2) is 10.5. The molecule has 7 nitrogen and oxygen atoms in total. The molecule has 4 aromatic rings. The van der Waals surface area contributed by atoms with Crippen LogP contribution in [0.5, 0.6) is 11.5 Å². The highest BCUT2D eigenvalue weighted by molar-refractivity contribution is 6.31. The number of carbonyl (C=O) groups is 1. The fraction of sp³-hybridized carbons (Fsp3) is 0.125. The highest BCUT2D eigenvalue weighted by Crippen LogP contribution is 2.24. The zero-order valence-corrected chi connectivity index (χ0v) is 17.9. The molecule has 0 aliphatic carbocycles. The van der Waals surface area contributed by atoms with Crippen LogP contribution in [0.3, 0.4) is 0 Å². The molecule has 1 heterocycles. The average molecular weight is 449 g/mol. The number of hydrogen-bond acceptors (Lipinski definition) is 5. The molecule has 0 unspecified atom stereocenters. The molecule has 0 radical (unpaired) electrons. The van der Waals surface area contributed by atoms with Crippen LogP contribution in [0.1, 0.15) is 15.9 Å². The summed E-state index contributed by atoms with van der Waals surface area (Å²) in [6.07, 6.45) is 3.11. The Bertz CT molecular complexity index is 1180. The molecule has 4 rings (SSSR count). The Balaban J connectivity index is 1.39. The maximum Gasteiger partial charge on any atom is 0.259 e. The quantitative estimate of drug-likeness (QED) is 0.396. The van der Waals surface area contributed by atoms with E-state index in [4.69, 9.17) is 21.1 Å². The van der Waals surface area contributed by atoms with Crippen molar-refractivity contribution in [1.82, 2.24) is 14.8 Å². The van der Waals surface area contributed by atoms with Crippen LogP contribution in [0.25, 0.3) is 0 Å². The Morgan fingerprint density at radius 3 is 2.69 bits per heavy atom. The molecule has 32 heavy (non-hydrogen) atoms. The Hall–Kier alpha value is -3.84. The predicted octanol–water partition coefficient (Wildman–Crippen LogP) is 4.84. The molecule has 1 N–H and O–H groups in total. The van der Waals surface area contributed by atoms with Crippen molar-refractivity contribution < 1.29 is 14.3 Å². The first-order valence-electron chi connectivity index (χ1n) is 10.0. The Labute approximate surface area is 190 Å². The number of ether oxygens (including phenoxy) is 2. The minimum absolute atomic E-state index is 0.263. The molecule has 8 heteroatoms. The molecule has 0 saturated carbocycles. The van der Waals surface area contributed by atoms with Gasteiger partial charge in [-0.2, -0.15) is 5.10 Å². The summed E-state index contributed by atoms with van der Waals surface area (Å²) in [5, 5.41) is 7.56. The topological polar surface area (TPSA) is 78.3 Å². The number of anilines is 1. The van der Waals surface area contributed by atoms with E-state index in [0.717, 1.165) is 5.56 Å². The number of aromatic nitrogens is 3. The van der Waals surface area contributed by atoms with Crippen LogP contribution in [0, 0.1) is 0 Å². The van der Waals surface area contributed by atoms with Gasteiger partial charge >= 0.3 is 0 Å². The van der Waals surface area contributed by atoms with E-state index >= 15 is 0 Å². The second-order valence-electron chi connectivity index (χ2n) is 6.87. The third kappa shape index (κ3) is 5.65. The van der Waals surface area contributed by atoms with E-state index in [2.05, 4.69) is 15.4 Å². The second-order valence-corrected chi connectivity index (χ2v) is 7.27. The van der Waals surface area contributed by atoms with Gasteiger partial charge in [0.2, 0.25) is 0 Å². The Morgan fingerprint density at radius 1 is 1.00 bits per heavy atom.